The summed E-state index contributed by atoms with van der Waals surface area (Å²) in [5.74, 6) is 2.02. The fourth-order valence-electron chi connectivity index (χ4n) is 4.36. The Hall–Kier alpha value is -3.17. The minimum absolute atomic E-state index is 0.113. The molecular formula is C25H34N6O3. The minimum Gasteiger partial charge on any atom is -0.396 e. The number of piperidine rings is 1. The Labute approximate surface area is 199 Å². The van der Waals surface area contributed by atoms with Crippen LogP contribution < -0.4 is 21.1 Å². The van der Waals surface area contributed by atoms with E-state index in [1.807, 2.05) is 45.0 Å². The maximum atomic E-state index is 13.1. The number of anilines is 4. The molecule has 1 aliphatic rings. The maximum Gasteiger partial charge on any atom is 0.262 e. The molecule has 1 aliphatic heterocycles. The van der Waals surface area contributed by atoms with Gasteiger partial charge in [0.2, 0.25) is 0 Å². The second-order valence-electron chi connectivity index (χ2n) is 9.89. The number of aliphatic hydroxyl groups is 2. The molecule has 182 valence electrons. The van der Waals surface area contributed by atoms with Gasteiger partial charge in [0.25, 0.3) is 5.56 Å². The lowest BCUT2D eigenvalue weighted by Gasteiger charge is -2.33. The van der Waals surface area contributed by atoms with Gasteiger partial charge in [0.1, 0.15) is 17.5 Å². The van der Waals surface area contributed by atoms with E-state index < -0.39 is 0 Å². The zero-order valence-electron chi connectivity index (χ0n) is 20.1. The van der Waals surface area contributed by atoms with E-state index in [-0.39, 0.29) is 30.9 Å². The second-order valence-corrected chi connectivity index (χ2v) is 9.89. The zero-order valence-corrected chi connectivity index (χ0v) is 20.1. The normalized spacial score (nSPS) is 16.6. The lowest BCUT2D eigenvalue weighted by Crippen LogP contribution is -2.36. The smallest absolute Gasteiger partial charge is 0.262 e. The van der Waals surface area contributed by atoms with Crippen molar-refractivity contribution in [1.29, 1.82) is 0 Å². The molecule has 0 aliphatic carbocycles. The molecule has 0 spiro atoms. The van der Waals surface area contributed by atoms with Gasteiger partial charge in [0, 0.05) is 55.9 Å². The van der Waals surface area contributed by atoms with Gasteiger partial charge in [-0.25, -0.2) is 9.97 Å². The van der Waals surface area contributed by atoms with Gasteiger partial charge in [-0.15, -0.1) is 0 Å². The largest absolute Gasteiger partial charge is 0.396 e. The van der Waals surface area contributed by atoms with Crippen molar-refractivity contribution in [3.63, 3.8) is 0 Å². The third-order valence-corrected chi connectivity index (χ3v) is 5.94. The lowest BCUT2D eigenvalue weighted by atomic mass is 9.98. The second kappa shape index (κ2) is 9.99. The average molecular weight is 467 g/mol. The van der Waals surface area contributed by atoms with Crippen LogP contribution in [0, 0.1) is 5.92 Å². The third-order valence-electron chi connectivity index (χ3n) is 5.94. The Morgan fingerprint density at radius 1 is 1.18 bits per heavy atom. The van der Waals surface area contributed by atoms with Crippen molar-refractivity contribution in [2.24, 2.45) is 5.92 Å². The third kappa shape index (κ3) is 5.48. The topological polar surface area (TPSA) is 116 Å². The molecule has 3 aromatic heterocycles. The van der Waals surface area contributed by atoms with E-state index in [0.29, 0.717) is 28.8 Å². The highest BCUT2D eigenvalue weighted by Crippen LogP contribution is 2.28. The van der Waals surface area contributed by atoms with Crippen LogP contribution in [0.5, 0.6) is 0 Å². The van der Waals surface area contributed by atoms with Crippen molar-refractivity contribution < 1.29 is 10.2 Å². The van der Waals surface area contributed by atoms with Crippen LogP contribution in [0.1, 0.15) is 33.6 Å². The summed E-state index contributed by atoms with van der Waals surface area (Å²) in [5.41, 5.74) is 0.551. The fraction of sp³-hybridized carbons (Fsp3) is 0.480. The Kier molecular flexibility index (Phi) is 7.04. The molecular weight excluding hydrogens is 432 g/mol. The molecule has 4 heterocycles. The Morgan fingerprint density at radius 2 is 2.00 bits per heavy atom. The number of hydrogen-bond acceptors (Lipinski definition) is 8. The number of hydrogen-bond donors (Lipinski definition) is 4. The van der Waals surface area contributed by atoms with Gasteiger partial charge < -0.3 is 30.3 Å². The SMILES string of the molecule is CC(C)(C)Nc1nc(Nc2cc(N3CCCC(CO)C3)ccn2)cc2ccn(CCO)c(=O)c12. The summed E-state index contributed by atoms with van der Waals surface area (Å²) >= 11 is 0. The van der Waals surface area contributed by atoms with E-state index in [0.717, 1.165) is 37.0 Å². The monoisotopic (exact) mass is 466 g/mol. The summed E-state index contributed by atoms with van der Waals surface area (Å²) in [4.78, 5) is 24.6. The van der Waals surface area contributed by atoms with Gasteiger partial charge >= 0.3 is 0 Å². The van der Waals surface area contributed by atoms with Crippen molar-refractivity contribution >= 4 is 33.9 Å². The summed E-state index contributed by atoms with van der Waals surface area (Å²) in [5, 5.41) is 26.8. The van der Waals surface area contributed by atoms with Crippen LogP contribution in [0.25, 0.3) is 10.8 Å². The van der Waals surface area contributed by atoms with Crippen molar-refractivity contribution in [2.45, 2.75) is 45.7 Å². The van der Waals surface area contributed by atoms with Crippen LogP contribution in [0.2, 0.25) is 0 Å². The number of pyridine rings is 3. The number of nitrogens with one attached hydrogen (secondary N) is 2. The molecule has 0 amide bonds. The summed E-state index contributed by atoms with van der Waals surface area (Å²) in [6.45, 7) is 8.14. The molecule has 9 heteroatoms. The highest BCUT2D eigenvalue weighted by atomic mass is 16.3. The van der Waals surface area contributed by atoms with Gasteiger partial charge in [-0.2, -0.15) is 0 Å². The van der Waals surface area contributed by atoms with Gasteiger partial charge in [-0.1, -0.05) is 0 Å². The van der Waals surface area contributed by atoms with Crippen LogP contribution in [0.3, 0.4) is 0 Å². The van der Waals surface area contributed by atoms with Gasteiger partial charge in [-0.3, -0.25) is 4.79 Å². The molecule has 0 radical (unpaired) electrons. The zero-order chi connectivity index (χ0) is 24.3. The van der Waals surface area contributed by atoms with Gasteiger partial charge in [0.15, 0.2) is 0 Å². The Balaban J connectivity index is 1.68. The highest BCUT2D eigenvalue weighted by molar-refractivity contribution is 5.93. The van der Waals surface area contributed by atoms with Gasteiger partial charge in [-0.05, 0) is 63.1 Å². The van der Waals surface area contributed by atoms with Gasteiger partial charge in [0.05, 0.1) is 12.0 Å². The first kappa shape index (κ1) is 24.0. The molecule has 34 heavy (non-hydrogen) atoms. The summed E-state index contributed by atoms with van der Waals surface area (Å²) in [7, 11) is 0. The van der Waals surface area contributed by atoms with Crippen LogP contribution in [-0.2, 0) is 6.54 Å². The quantitative estimate of drug-likeness (QED) is 0.420. The molecule has 0 saturated carbocycles. The molecule has 1 unspecified atom stereocenters. The Morgan fingerprint density at radius 3 is 2.74 bits per heavy atom. The number of fused-ring (bicyclic) bond motifs is 1. The van der Waals surface area contributed by atoms with Crippen molar-refractivity contribution in [1.82, 2.24) is 14.5 Å². The van der Waals surface area contributed by atoms with Crippen molar-refractivity contribution in [2.75, 3.05) is 41.8 Å². The number of rotatable bonds is 7. The predicted octanol–water partition coefficient (Wildman–Crippen LogP) is 2.95. The van der Waals surface area contributed by atoms with E-state index in [9.17, 15) is 15.0 Å². The predicted molar refractivity (Wildman–Crippen MR) is 136 cm³/mol. The number of aromatic nitrogens is 3. The molecule has 9 nitrogen and oxygen atoms in total. The molecule has 1 atom stereocenters. The molecule has 3 aromatic rings. The summed E-state index contributed by atoms with van der Waals surface area (Å²) < 4.78 is 1.49. The first-order chi connectivity index (χ1) is 16.3. The van der Waals surface area contributed by atoms with E-state index in [1.165, 1.54) is 4.57 Å². The van der Waals surface area contributed by atoms with Crippen molar-refractivity contribution in [3.05, 3.63) is 47.0 Å². The standard InChI is InChI=1S/C25H34N6O3/c1-25(2,3)29-23-22-18(7-10-30(11-12-32)24(22)34)13-21(28-23)27-20-14-19(6-8-26-20)31-9-4-5-17(15-31)16-33/h6-8,10,13-14,17,32-33H,4-5,9,11-12,15-16H2,1-3H3,(H2,26,27,28,29). The minimum atomic E-state index is -0.307. The van der Waals surface area contributed by atoms with E-state index >= 15 is 0 Å². The average Bonchev–Trinajstić information content (AvgIpc) is 2.80. The maximum absolute atomic E-state index is 13.1. The molecule has 4 N–H and O–H groups in total. The lowest BCUT2D eigenvalue weighted by molar-refractivity contribution is 0.209. The molecule has 1 saturated heterocycles. The first-order valence-electron chi connectivity index (χ1n) is 11.8. The molecule has 0 aromatic carbocycles. The van der Waals surface area contributed by atoms with Crippen molar-refractivity contribution in [3.8, 4) is 0 Å². The number of aliphatic hydroxyl groups excluding tert-OH is 2. The van der Waals surface area contributed by atoms with E-state index in [4.69, 9.17) is 4.98 Å². The Bertz CT molecular complexity index is 1200. The van der Waals surface area contributed by atoms with Crippen LogP contribution in [-0.4, -0.2) is 56.6 Å². The highest BCUT2D eigenvalue weighted by Gasteiger charge is 2.20. The first-order valence-corrected chi connectivity index (χ1v) is 11.8. The summed E-state index contributed by atoms with van der Waals surface area (Å²) in [6, 6.07) is 7.67. The van der Waals surface area contributed by atoms with Crippen LogP contribution >= 0.6 is 0 Å². The van der Waals surface area contributed by atoms with E-state index in [1.54, 1.807) is 12.4 Å². The summed E-state index contributed by atoms with van der Waals surface area (Å²) in [6.07, 6.45) is 5.56. The molecule has 1 fully saturated rings. The molecule has 0 bridgehead atoms. The fourth-order valence-corrected chi connectivity index (χ4v) is 4.36. The van der Waals surface area contributed by atoms with Crippen LogP contribution in [0.15, 0.2) is 41.5 Å². The number of nitrogens with zero attached hydrogens (tertiary/aromatic N) is 4. The van der Waals surface area contributed by atoms with E-state index in [2.05, 4.69) is 20.5 Å². The molecule has 4 rings (SSSR count). The van der Waals surface area contributed by atoms with Crippen LogP contribution in [0.4, 0.5) is 23.1 Å².